The van der Waals surface area contributed by atoms with Crippen LogP contribution in [0, 0.1) is 6.92 Å². The minimum atomic E-state index is 0. The van der Waals surface area contributed by atoms with Gasteiger partial charge in [-0.1, -0.05) is 13.3 Å². The molecule has 0 fully saturated rings. The highest BCUT2D eigenvalue weighted by atomic mass is 19.0. The normalized spacial score (nSPS) is 9.38. The van der Waals surface area contributed by atoms with E-state index in [2.05, 4.69) is 42.9 Å². The molecule has 0 N–H and O–H groups in total. The van der Waals surface area contributed by atoms with Gasteiger partial charge in [-0.3, -0.25) is 0 Å². The van der Waals surface area contributed by atoms with Crippen molar-refractivity contribution in [2.75, 3.05) is 0 Å². The summed E-state index contributed by atoms with van der Waals surface area (Å²) >= 11 is 0. The summed E-state index contributed by atoms with van der Waals surface area (Å²) in [6, 6.07) is 4.25. The van der Waals surface area contributed by atoms with Crippen LogP contribution in [0.3, 0.4) is 0 Å². The molecule has 74 valence electrons. The van der Waals surface area contributed by atoms with Crippen molar-refractivity contribution in [3.8, 4) is 0 Å². The molecule has 0 aliphatic carbocycles. The highest BCUT2D eigenvalue weighted by Crippen LogP contribution is 1.94. The average Bonchev–Trinajstić information content (AvgIpc) is 2.05. The Bertz CT molecular complexity index is 235. The lowest BCUT2D eigenvalue weighted by Crippen LogP contribution is -3.00. The quantitative estimate of drug-likeness (QED) is 0.437. The van der Waals surface area contributed by atoms with Crippen molar-refractivity contribution in [1.82, 2.24) is 0 Å². The first-order valence-corrected chi connectivity index (χ1v) is 4.78. The van der Waals surface area contributed by atoms with Crippen molar-refractivity contribution in [2.45, 2.75) is 39.7 Å². The Morgan fingerprint density at radius 1 is 1.31 bits per heavy atom. The first-order valence-electron chi connectivity index (χ1n) is 4.78. The lowest BCUT2D eigenvalue weighted by molar-refractivity contribution is -0.697. The molecule has 0 saturated carbocycles. The molecule has 0 aliphatic heterocycles. The van der Waals surface area contributed by atoms with Crippen molar-refractivity contribution < 1.29 is 9.27 Å². The summed E-state index contributed by atoms with van der Waals surface area (Å²) in [6.07, 6.45) is 8.27. The summed E-state index contributed by atoms with van der Waals surface area (Å²) in [7, 11) is 0. The number of pyridine rings is 1. The van der Waals surface area contributed by atoms with Gasteiger partial charge in [-0.15, -0.1) is 0 Å². The molecule has 0 aliphatic rings. The van der Waals surface area contributed by atoms with Gasteiger partial charge in [0, 0.05) is 18.1 Å². The summed E-state index contributed by atoms with van der Waals surface area (Å²) < 4.78 is 2.27. The van der Waals surface area contributed by atoms with Crippen LogP contribution in [-0.4, -0.2) is 0 Å². The number of hydrogen-bond acceptors (Lipinski definition) is 0. The van der Waals surface area contributed by atoms with E-state index in [0.29, 0.717) is 0 Å². The number of aryl methyl sites for hydroxylation is 2. The fraction of sp³-hybridized carbons (Fsp3) is 0.545. The summed E-state index contributed by atoms with van der Waals surface area (Å²) in [5.74, 6) is 0. The van der Waals surface area contributed by atoms with Crippen LogP contribution in [0.5, 0.6) is 0 Å². The molecule has 1 aromatic heterocycles. The second-order valence-corrected chi connectivity index (χ2v) is 3.33. The van der Waals surface area contributed by atoms with Gasteiger partial charge in [-0.2, -0.15) is 0 Å². The van der Waals surface area contributed by atoms with E-state index >= 15 is 0 Å². The Morgan fingerprint density at radius 3 is 2.69 bits per heavy atom. The van der Waals surface area contributed by atoms with Crippen LogP contribution in [0.1, 0.15) is 31.7 Å². The molecule has 1 rings (SSSR count). The first-order chi connectivity index (χ1) is 5.83. The topological polar surface area (TPSA) is 3.88 Å². The first kappa shape index (κ1) is 12.1. The maximum Gasteiger partial charge on any atom is 0.171 e. The van der Waals surface area contributed by atoms with Gasteiger partial charge in [0.2, 0.25) is 0 Å². The smallest absolute Gasteiger partial charge is 0.171 e. The van der Waals surface area contributed by atoms with Crippen molar-refractivity contribution >= 4 is 0 Å². The molecule has 0 aromatic carbocycles. The third-order valence-corrected chi connectivity index (χ3v) is 2.03. The number of hydrogen-bond donors (Lipinski definition) is 0. The lowest BCUT2D eigenvalue weighted by atomic mass is 10.2. The summed E-state index contributed by atoms with van der Waals surface area (Å²) in [6.45, 7) is 5.53. The Labute approximate surface area is 79.8 Å². The number of rotatable bonds is 4. The van der Waals surface area contributed by atoms with E-state index in [9.17, 15) is 0 Å². The number of aromatic nitrogens is 1. The fourth-order valence-corrected chi connectivity index (χ4v) is 1.34. The van der Waals surface area contributed by atoms with Crippen molar-refractivity contribution in [3.63, 3.8) is 0 Å². The van der Waals surface area contributed by atoms with Crippen molar-refractivity contribution in [3.05, 3.63) is 30.1 Å². The van der Waals surface area contributed by atoms with Gasteiger partial charge in [0.15, 0.2) is 12.4 Å². The molecule has 13 heavy (non-hydrogen) atoms. The van der Waals surface area contributed by atoms with E-state index in [4.69, 9.17) is 0 Å². The van der Waals surface area contributed by atoms with Gasteiger partial charge in [-0.05, 0) is 19.4 Å². The number of nitrogens with zero attached hydrogens (tertiary/aromatic N) is 1. The number of halogens is 1. The molecule has 0 amide bonds. The van der Waals surface area contributed by atoms with E-state index in [1.54, 1.807) is 0 Å². The van der Waals surface area contributed by atoms with Crippen molar-refractivity contribution in [1.29, 1.82) is 0 Å². The predicted molar refractivity (Wildman–Crippen MR) is 50.9 cm³/mol. The van der Waals surface area contributed by atoms with Crippen LogP contribution in [0.15, 0.2) is 24.5 Å². The van der Waals surface area contributed by atoms with Gasteiger partial charge in [-0.25, -0.2) is 4.57 Å². The van der Waals surface area contributed by atoms with Crippen LogP contribution < -0.4 is 9.27 Å². The third kappa shape index (κ3) is 4.61. The zero-order valence-electron chi connectivity index (χ0n) is 8.46. The minimum Gasteiger partial charge on any atom is -1.00 e. The fourth-order valence-electron chi connectivity index (χ4n) is 1.34. The SMILES string of the molecule is CCCCC[n+]1cccc(C)c1.[F-]. The number of unbranched alkanes of at least 4 members (excludes halogenated alkanes) is 2. The summed E-state index contributed by atoms with van der Waals surface area (Å²) in [5, 5.41) is 0. The molecule has 0 bridgehead atoms. The van der Waals surface area contributed by atoms with Gasteiger partial charge in [0.1, 0.15) is 6.54 Å². The summed E-state index contributed by atoms with van der Waals surface area (Å²) in [5.41, 5.74) is 1.34. The molecule has 0 atom stereocenters. The monoisotopic (exact) mass is 183 g/mol. The second-order valence-electron chi connectivity index (χ2n) is 3.33. The molecule has 0 spiro atoms. The Morgan fingerprint density at radius 2 is 2.08 bits per heavy atom. The van der Waals surface area contributed by atoms with E-state index in [-0.39, 0.29) is 4.70 Å². The van der Waals surface area contributed by atoms with Gasteiger partial charge in [0.25, 0.3) is 0 Å². The minimum absolute atomic E-state index is 0. The van der Waals surface area contributed by atoms with Crippen LogP contribution in [0.25, 0.3) is 0 Å². The van der Waals surface area contributed by atoms with Crippen LogP contribution in [-0.2, 0) is 6.54 Å². The molecule has 0 radical (unpaired) electrons. The highest BCUT2D eigenvalue weighted by Gasteiger charge is 1.98. The molecule has 1 heterocycles. The molecule has 2 heteroatoms. The lowest BCUT2D eigenvalue weighted by Gasteiger charge is -1.96. The van der Waals surface area contributed by atoms with Crippen LogP contribution in [0.2, 0.25) is 0 Å². The van der Waals surface area contributed by atoms with E-state index in [1.807, 2.05) is 0 Å². The molecule has 1 aromatic rings. The van der Waals surface area contributed by atoms with E-state index in [1.165, 1.54) is 24.8 Å². The zero-order valence-corrected chi connectivity index (χ0v) is 8.46. The molecule has 1 nitrogen and oxygen atoms in total. The van der Waals surface area contributed by atoms with Gasteiger partial charge >= 0.3 is 0 Å². The Kier molecular flexibility index (Phi) is 6.11. The Hall–Kier alpha value is -0.920. The summed E-state index contributed by atoms with van der Waals surface area (Å²) in [4.78, 5) is 0. The van der Waals surface area contributed by atoms with Gasteiger partial charge < -0.3 is 4.70 Å². The van der Waals surface area contributed by atoms with Crippen LogP contribution in [0.4, 0.5) is 0 Å². The maximum absolute atomic E-state index is 2.27. The Balaban J connectivity index is 0.00000144. The zero-order chi connectivity index (χ0) is 8.81. The van der Waals surface area contributed by atoms with Crippen molar-refractivity contribution in [2.24, 2.45) is 0 Å². The molecule has 0 saturated heterocycles. The highest BCUT2D eigenvalue weighted by molar-refractivity contribution is 5.01. The molecular weight excluding hydrogens is 165 g/mol. The standard InChI is InChI=1S/C11H18N.FH/c1-3-4-5-8-12-9-6-7-11(2)10-12;/h6-7,9-10H,3-5,8H2,1-2H3;1H/q+1;/p-1. The van der Waals surface area contributed by atoms with Crippen LogP contribution >= 0.6 is 0 Å². The molecule has 0 unspecified atom stereocenters. The van der Waals surface area contributed by atoms with E-state index in [0.717, 1.165) is 6.54 Å². The third-order valence-electron chi connectivity index (χ3n) is 2.03. The largest absolute Gasteiger partial charge is 1.00 e. The van der Waals surface area contributed by atoms with E-state index < -0.39 is 0 Å². The second kappa shape index (κ2) is 6.58. The maximum atomic E-state index is 2.27. The average molecular weight is 183 g/mol. The van der Waals surface area contributed by atoms with Gasteiger partial charge in [0.05, 0.1) is 0 Å². The molecular formula is C11H18FN. The predicted octanol–water partition coefficient (Wildman–Crippen LogP) is -0.523.